The fourth-order valence-electron chi connectivity index (χ4n) is 2.16. The van der Waals surface area contributed by atoms with Crippen LogP contribution < -0.4 is 4.31 Å². The zero-order valence-electron chi connectivity index (χ0n) is 13.7. The molecule has 0 radical (unpaired) electrons. The Morgan fingerprint density at radius 2 is 1.72 bits per heavy atom. The number of anilines is 1. The predicted molar refractivity (Wildman–Crippen MR) is 98.8 cm³/mol. The monoisotopic (exact) mass is 401 g/mol. The minimum absolute atomic E-state index is 0.0645. The van der Waals surface area contributed by atoms with Gasteiger partial charge in [-0.05, 0) is 42.3 Å². The molecule has 0 atom stereocenters. The van der Waals surface area contributed by atoms with Gasteiger partial charge in [-0.3, -0.25) is 9.10 Å². The van der Waals surface area contributed by atoms with Crippen LogP contribution in [0.3, 0.4) is 0 Å². The van der Waals surface area contributed by atoms with E-state index in [4.69, 9.17) is 23.2 Å². The van der Waals surface area contributed by atoms with E-state index in [0.29, 0.717) is 5.69 Å². The Kier molecular flexibility index (Phi) is 6.32. The van der Waals surface area contributed by atoms with Gasteiger partial charge in [-0.25, -0.2) is 8.42 Å². The largest absolute Gasteiger partial charge is 0.468 e. The Balaban J connectivity index is 2.52. The van der Waals surface area contributed by atoms with Gasteiger partial charge in [0.15, 0.2) is 0 Å². The first-order valence-electron chi connectivity index (χ1n) is 7.43. The molecule has 0 saturated heterocycles. The fourth-order valence-corrected chi connectivity index (χ4v) is 3.96. The number of rotatable bonds is 6. The van der Waals surface area contributed by atoms with Gasteiger partial charge in [-0.15, -0.1) is 0 Å². The first kappa shape index (κ1) is 19.6. The molecule has 0 saturated carbocycles. The molecule has 0 fully saturated rings. The Morgan fingerprint density at radius 3 is 2.24 bits per heavy atom. The second-order valence-electron chi connectivity index (χ2n) is 5.18. The van der Waals surface area contributed by atoms with Crippen molar-refractivity contribution in [2.24, 2.45) is 0 Å². The van der Waals surface area contributed by atoms with E-state index in [9.17, 15) is 13.2 Å². The molecule has 0 unspecified atom stereocenters. The number of carbonyl (C=O) groups is 1. The van der Waals surface area contributed by atoms with Crippen molar-refractivity contribution in [1.29, 1.82) is 0 Å². The molecule has 2 rings (SSSR count). The summed E-state index contributed by atoms with van der Waals surface area (Å²) >= 11 is 11.8. The Labute approximate surface area is 157 Å². The molecular weight excluding hydrogens is 385 g/mol. The fraction of sp³-hybridized carbons (Fsp3) is 0.235. The van der Waals surface area contributed by atoms with Gasteiger partial charge in [0.25, 0.3) is 10.0 Å². The van der Waals surface area contributed by atoms with Crippen LogP contribution in [0.15, 0.2) is 47.4 Å². The number of esters is 1. The maximum Gasteiger partial charge on any atom is 0.326 e. The van der Waals surface area contributed by atoms with E-state index in [1.165, 1.54) is 25.3 Å². The molecule has 0 bridgehead atoms. The van der Waals surface area contributed by atoms with Gasteiger partial charge in [-0.1, -0.05) is 42.3 Å². The van der Waals surface area contributed by atoms with E-state index in [2.05, 4.69) is 4.74 Å². The number of aryl methyl sites for hydroxylation is 1. The quantitative estimate of drug-likeness (QED) is 0.687. The summed E-state index contributed by atoms with van der Waals surface area (Å²) in [4.78, 5) is 11.7. The van der Waals surface area contributed by atoms with Gasteiger partial charge in [0.1, 0.15) is 6.54 Å². The van der Waals surface area contributed by atoms with E-state index < -0.39 is 22.5 Å². The van der Waals surface area contributed by atoms with Crippen LogP contribution in [0.1, 0.15) is 12.5 Å². The molecule has 0 aliphatic heterocycles. The number of sulfonamides is 1. The van der Waals surface area contributed by atoms with Crippen molar-refractivity contribution in [2.75, 3.05) is 18.0 Å². The number of hydrogen-bond donors (Lipinski definition) is 0. The summed E-state index contributed by atoms with van der Waals surface area (Å²) in [6, 6.07) is 10.9. The number of nitrogens with zero attached hydrogens (tertiary/aromatic N) is 1. The summed E-state index contributed by atoms with van der Waals surface area (Å²) < 4.78 is 31.6. The highest BCUT2D eigenvalue weighted by atomic mass is 35.5. The number of benzene rings is 2. The van der Waals surface area contributed by atoms with Crippen LogP contribution in [0.25, 0.3) is 0 Å². The average Bonchev–Trinajstić information content (AvgIpc) is 2.61. The minimum Gasteiger partial charge on any atom is -0.468 e. The summed E-state index contributed by atoms with van der Waals surface area (Å²) in [6.07, 6.45) is 0.816. The summed E-state index contributed by atoms with van der Waals surface area (Å²) in [6.45, 7) is 1.54. The molecule has 8 heteroatoms. The molecule has 25 heavy (non-hydrogen) atoms. The molecule has 0 aliphatic rings. The van der Waals surface area contributed by atoms with Crippen molar-refractivity contribution < 1.29 is 17.9 Å². The van der Waals surface area contributed by atoms with Crippen molar-refractivity contribution >= 4 is 44.9 Å². The van der Waals surface area contributed by atoms with Crippen LogP contribution >= 0.6 is 23.2 Å². The van der Waals surface area contributed by atoms with Crippen LogP contribution in [0.4, 0.5) is 5.69 Å². The van der Waals surface area contributed by atoms with Crippen molar-refractivity contribution in [3.8, 4) is 0 Å². The van der Waals surface area contributed by atoms with Gasteiger partial charge in [0.05, 0.1) is 27.7 Å². The first-order valence-corrected chi connectivity index (χ1v) is 9.62. The molecule has 5 nitrogen and oxygen atoms in total. The predicted octanol–water partition coefficient (Wildman–Crippen LogP) is 3.92. The van der Waals surface area contributed by atoms with Gasteiger partial charge in [0.2, 0.25) is 0 Å². The third kappa shape index (κ3) is 4.45. The number of ether oxygens (including phenoxy) is 1. The van der Waals surface area contributed by atoms with Crippen molar-refractivity contribution in [1.82, 2.24) is 0 Å². The number of hydrogen-bond acceptors (Lipinski definition) is 4. The molecule has 0 spiro atoms. The molecule has 0 heterocycles. The average molecular weight is 402 g/mol. The minimum atomic E-state index is -4.03. The lowest BCUT2D eigenvalue weighted by Crippen LogP contribution is -2.36. The van der Waals surface area contributed by atoms with Crippen LogP contribution in [-0.2, 0) is 26.0 Å². The van der Waals surface area contributed by atoms with Crippen LogP contribution in [-0.4, -0.2) is 28.0 Å². The third-order valence-electron chi connectivity index (χ3n) is 3.61. The van der Waals surface area contributed by atoms with Crippen molar-refractivity contribution in [3.63, 3.8) is 0 Å². The molecule has 0 aliphatic carbocycles. The summed E-state index contributed by atoms with van der Waals surface area (Å²) in [7, 11) is -2.83. The van der Waals surface area contributed by atoms with Gasteiger partial charge in [0, 0.05) is 0 Å². The van der Waals surface area contributed by atoms with Crippen molar-refractivity contribution in [2.45, 2.75) is 18.2 Å². The molecule has 2 aromatic carbocycles. The van der Waals surface area contributed by atoms with Crippen LogP contribution in [0.5, 0.6) is 0 Å². The molecule has 0 N–H and O–H groups in total. The topological polar surface area (TPSA) is 63.7 Å². The Morgan fingerprint density at radius 1 is 1.08 bits per heavy atom. The van der Waals surface area contributed by atoms with E-state index >= 15 is 0 Å². The van der Waals surface area contributed by atoms with Crippen molar-refractivity contribution in [3.05, 3.63) is 58.1 Å². The van der Waals surface area contributed by atoms with Gasteiger partial charge >= 0.3 is 5.97 Å². The first-order chi connectivity index (χ1) is 11.8. The summed E-state index contributed by atoms with van der Waals surface area (Å²) in [5.74, 6) is -0.678. The zero-order valence-corrected chi connectivity index (χ0v) is 16.0. The molecule has 0 amide bonds. The molecule has 134 valence electrons. The van der Waals surface area contributed by atoms with Crippen LogP contribution in [0, 0.1) is 0 Å². The maximum atomic E-state index is 13.0. The van der Waals surface area contributed by atoms with Gasteiger partial charge < -0.3 is 4.74 Å². The maximum absolute atomic E-state index is 13.0. The van der Waals surface area contributed by atoms with E-state index in [1.54, 1.807) is 12.1 Å². The molecule has 2 aromatic rings. The SMILES string of the molecule is CCc1ccc(N(CC(=O)OC)S(=O)(=O)c2ccc(Cl)c(Cl)c2)cc1. The number of halogens is 2. The third-order valence-corrected chi connectivity index (χ3v) is 6.12. The second kappa shape index (κ2) is 8.08. The highest BCUT2D eigenvalue weighted by Crippen LogP contribution is 2.29. The highest BCUT2D eigenvalue weighted by Gasteiger charge is 2.28. The lowest BCUT2D eigenvalue weighted by atomic mass is 10.1. The number of methoxy groups -OCH3 is 1. The van der Waals surface area contributed by atoms with Gasteiger partial charge in [-0.2, -0.15) is 0 Å². The lowest BCUT2D eigenvalue weighted by molar-refractivity contribution is -0.138. The molecule has 0 aromatic heterocycles. The Hall–Kier alpha value is -1.76. The van der Waals surface area contributed by atoms with E-state index in [-0.39, 0.29) is 14.9 Å². The highest BCUT2D eigenvalue weighted by molar-refractivity contribution is 7.92. The summed E-state index contributed by atoms with van der Waals surface area (Å²) in [5, 5.41) is 0.356. The smallest absolute Gasteiger partial charge is 0.326 e. The Bertz CT molecular complexity index is 867. The van der Waals surface area contributed by atoms with E-state index in [1.807, 2.05) is 19.1 Å². The van der Waals surface area contributed by atoms with Crippen LogP contribution in [0.2, 0.25) is 10.0 Å². The molecular formula is C17H17Cl2NO4S. The van der Waals surface area contributed by atoms with E-state index in [0.717, 1.165) is 16.3 Å². The second-order valence-corrected chi connectivity index (χ2v) is 7.86. The zero-order chi connectivity index (χ0) is 18.6. The lowest BCUT2D eigenvalue weighted by Gasteiger charge is -2.23. The normalized spacial score (nSPS) is 11.2. The standard InChI is InChI=1S/C17H17Cl2NO4S/c1-3-12-4-6-13(7-5-12)20(11-17(21)24-2)25(22,23)14-8-9-15(18)16(19)10-14/h4-10H,3,11H2,1-2H3. The summed E-state index contributed by atoms with van der Waals surface area (Å²) in [5.41, 5.74) is 1.40. The number of carbonyl (C=O) groups excluding carboxylic acids is 1.